The predicted octanol–water partition coefficient (Wildman–Crippen LogP) is 3.25. The summed E-state index contributed by atoms with van der Waals surface area (Å²) in [5, 5.41) is 8.54. The van der Waals surface area contributed by atoms with E-state index in [1.807, 2.05) is 6.92 Å². The summed E-state index contributed by atoms with van der Waals surface area (Å²) in [7, 11) is 0. The molecule has 17 heavy (non-hydrogen) atoms. The molecular formula is C14H25NO2. The Hall–Kier alpha value is -1.05. The molecular weight excluding hydrogens is 214 g/mol. The zero-order valence-electron chi connectivity index (χ0n) is 11.3. The first kappa shape index (κ1) is 16.0. The van der Waals surface area contributed by atoms with Crippen LogP contribution in [0.2, 0.25) is 0 Å². The van der Waals surface area contributed by atoms with Gasteiger partial charge in [-0.1, -0.05) is 13.3 Å². The van der Waals surface area contributed by atoms with E-state index in [1.165, 1.54) is 18.4 Å². The van der Waals surface area contributed by atoms with Crippen molar-refractivity contribution in [3.63, 3.8) is 0 Å². The predicted molar refractivity (Wildman–Crippen MR) is 70.9 cm³/mol. The maximum absolute atomic E-state index is 10.4. The number of hydrogen-bond acceptors (Lipinski definition) is 2. The highest BCUT2D eigenvalue weighted by Crippen LogP contribution is 2.10. The van der Waals surface area contributed by atoms with E-state index in [0.717, 1.165) is 12.0 Å². The molecule has 98 valence electrons. The lowest BCUT2D eigenvalue weighted by atomic mass is 10.0. The molecule has 0 radical (unpaired) electrons. The summed E-state index contributed by atoms with van der Waals surface area (Å²) in [5.74, 6) is -0.756. The minimum atomic E-state index is -0.756. The minimum absolute atomic E-state index is 0.0640. The lowest BCUT2D eigenvalue weighted by Gasteiger charge is -2.09. The van der Waals surface area contributed by atoms with Crippen molar-refractivity contribution in [2.75, 3.05) is 0 Å². The normalized spacial score (nSPS) is 11.8. The Morgan fingerprint density at radius 2 is 1.94 bits per heavy atom. The van der Waals surface area contributed by atoms with Crippen LogP contribution in [0.5, 0.6) is 0 Å². The molecule has 0 fully saturated rings. The summed E-state index contributed by atoms with van der Waals surface area (Å²) >= 11 is 0. The topological polar surface area (TPSA) is 63.3 Å². The highest BCUT2D eigenvalue weighted by Gasteiger charge is 2.06. The fourth-order valence-electron chi connectivity index (χ4n) is 1.62. The van der Waals surface area contributed by atoms with Crippen LogP contribution in [0.3, 0.4) is 0 Å². The molecule has 0 heterocycles. The molecule has 0 spiro atoms. The van der Waals surface area contributed by atoms with Crippen LogP contribution in [-0.2, 0) is 4.79 Å². The smallest absolute Gasteiger partial charge is 0.303 e. The van der Waals surface area contributed by atoms with Gasteiger partial charge < -0.3 is 10.8 Å². The summed E-state index contributed by atoms with van der Waals surface area (Å²) in [6.07, 6.45) is 4.97. The van der Waals surface area contributed by atoms with Gasteiger partial charge in [-0.3, -0.25) is 4.79 Å². The molecule has 0 bridgehead atoms. The Balaban J connectivity index is 4.21. The van der Waals surface area contributed by atoms with Crippen LogP contribution in [0.4, 0.5) is 0 Å². The highest BCUT2D eigenvalue weighted by atomic mass is 16.4. The van der Waals surface area contributed by atoms with Crippen molar-refractivity contribution in [1.82, 2.24) is 0 Å². The van der Waals surface area contributed by atoms with Gasteiger partial charge in [-0.15, -0.1) is 5.73 Å². The maximum atomic E-state index is 10.4. The molecule has 1 unspecified atom stereocenters. The van der Waals surface area contributed by atoms with Crippen molar-refractivity contribution in [1.29, 1.82) is 0 Å². The third-order valence-corrected chi connectivity index (χ3v) is 2.78. The summed E-state index contributed by atoms with van der Waals surface area (Å²) in [6, 6.07) is -0.0640. The lowest BCUT2D eigenvalue weighted by molar-refractivity contribution is -0.137. The van der Waals surface area contributed by atoms with Crippen LogP contribution in [0.1, 0.15) is 59.3 Å². The number of hydrogen-bond donors (Lipinski definition) is 2. The molecule has 0 aliphatic heterocycles. The fourth-order valence-corrected chi connectivity index (χ4v) is 1.62. The van der Waals surface area contributed by atoms with Crippen LogP contribution in [0.25, 0.3) is 0 Å². The van der Waals surface area contributed by atoms with E-state index in [1.54, 1.807) is 0 Å². The van der Waals surface area contributed by atoms with Crippen molar-refractivity contribution in [3.05, 3.63) is 16.9 Å². The number of unbranched alkanes of at least 4 members (excludes halogenated alkanes) is 1. The molecule has 0 aromatic carbocycles. The number of carboxylic acids is 1. The van der Waals surface area contributed by atoms with E-state index in [-0.39, 0.29) is 12.5 Å². The van der Waals surface area contributed by atoms with Crippen LogP contribution >= 0.6 is 0 Å². The second-order valence-electron chi connectivity index (χ2n) is 4.58. The largest absolute Gasteiger partial charge is 0.481 e. The second kappa shape index (κ2) is 9.03. The van der Waals surface area contributed by atoms with Crippen LogP contribution in [-0.4, -0.2) is 17.1 Å². The fraction of sp³-hybridized carbons (Fsp3) is 0.714. The Morgan fingerprint density at radius 3 is 2.47 bits per heavy atom. The van der Waals surface area contributed by atoms with Gasteiger partial charge in [0.05, 0.1) is 0 Å². The van der Waals surface area contributed by atoms with E-state index in [9.17, 15) is 4.79 Å². The van der Waals surface area contributed by atoms with Gasteiger partial charge in [-0.2, -0.15) is 0 Å². The number of aliphatic carboxylic acids is 1. The van der Waals surface area contributed by atoms with Crippen LogP contribution < -0.4 is 5.73 Å². The average Bonchev–Trinajstić information content (AvgIpc) is 2.25. The third-order valence-electron chi connectivity index (χ3n) is 2.78. The van der Waals surface area contributed by atoms with Gasteiger partial charge >= 0.3 is 5.97 Å². The SMILES string of the molecule is CCCCC(C)=C=C(C)C(N)CCCC(=O)O. The monoisotopic (exact) mass is 239 g/mol. The first-order valence-corrected chi connectivity index (χ1v) is 6.37. The molecule has 0 aliphatic carbocycles. The Morgan fingerprint density at radius 1 is 1.29 bits per heavy atom. The zero-order chi connectivity index (χ0) is 13.3. The zero-order valence-corrected chi connectivity index (χ0v) is 11.3. The molecule has 3 nitrogen and oxygen atoms in total. The van der Waals surface area contributed by atoms with Crippen molar-refractivity contribution in [3.8, 4) is 0 Å². The summed E-state index contributed by atoms with van der Waals surface area (Å²) < 4.78 is 0. The van der Waals surface area contributed by atoms with Crippen LogP contribution in [0.15, 0.2) is 16.9 Å². The van der Waals surface area contributed by atoms with Gasteiger partial charge in [0.1, 0.15) is 0 Å². The maximum Gasteiger partial charge on any atom is 0.303 e. The van der Waals surface area contributed by atoms with Gasteiger partial charge in [0.2, 0.25) is 0 Å². The molecule has 0 rings (SSSR count). The Kier molecular flexibility index (Phi) is 8.47. The summed E-state index contributed by atoms with van der Waals surface area (Å²) in [6.45, 7) is 6.21. The molecule has 3 N–H and O–H groups in total. The van der Waals surface area contributed by atoms with Crippen molar-refractivity contribution in [2.45, 2.75) is 65.3 Å². The quantitative estimate of drug-likeness (QED) is 0.639. The van der Waals surface area contributed by atoms with Gasteiger partial charge in [-0.05, 0) is 50.7 Å². The molecule has 0 saturated carbocycles. The van der Waals surface area contributed by atoms with Crippen LogP contribution in [0, 0.1) is 0 Å². The molecule has 0 saturated heterocycles. The minimum Gasteiger partial charge on any atom is -0.481 e. The Labute approximate surface area is 104 Å². The average molecular weight is 239 g/mol. The number of rotatable bonds is 8. The second-order valence-corrected chi connectivity index (χ2v) is 4.58. The standard InChI is InChI=1S/C14H25NO2/c1-4-5-7-11(2)10-12(3)13(15)8-6-9-14(16)17/h13H,4-9,15H2,1-3H3,(H,16,17). The molecule has 0 aromatic heterocycles. The number of nitrogens with two attached hydrogens (primary N) is 1. The number of carbonyl (C=O) groups is 1. The molecule has 0 amide bonds. The summed E-state index contributed by atoms with van der Waals surface area (Å²) in [5.41, 5.74) is 11.6. The first-order valence-electron chi connectivity index (χ1n) is 6.37. The molecule has 0 aliphatic rings. The highest BCUT2D eigenvalue weighted by molar-refractivity contribution is 5.66. The van der Waals surface area contributed by atoms with Gasteiger partial charge in [0.25, 0.3) is 0 Å². The first-order chi connectivity index (χ1) is 7.97. The van der Waals surface area contributed by atoms with E-state index in [2.05, 4.69) is 19.6 Å². The molecule has 3 heteroatoms. The number of carboxylic acid groups (broad SMARTS) is 1. The third kappa shape index (κ3) is 8.73. The van der Waals surface area contributed by atoms with E-state index < -0.39 is 5.97 Å². The van der Waals surface area contributed by atoms with Crippen molar-refractivity contribution in [2.24, 2.45) is 5.73 Å². The summed E-state index contributed by atoms with van der Waals surface area (Å²) in [4.78, 5) is 10.4. The van der Waals surface area contributed by atoms with E-state index in [0.29, 0.717) is 12.8 Å². The van der Waals surface area contributed by atoms with E-state index >= 15 is 0 Å². The Bertz CT molecular complexity index is 301. The van der Waals surface area contributed by atoms with Gasteiger partial charge in [0, 0.05) is 12.5 Å². The van der Waals surface area contributed by atoms with Crippen molar-refractivity contribution < 1.29 is 9.90 Å². The van der Waals surface area contributed by atoms with Crippen molar-refractivity contribution >= 4 is 5.97 Å². The molecule has 1 atom stereocenters. The van der Waals surface area contributed by atoms with Gasteiger partial charge in [0.15, 0.2) is 0 Å². The molecule has 0 aromatic rings. The lowest BCUT2D eigenvalue weighted by Crippen LogP contribution is -2.21. The van der Waals surface area contributed by atoms with E-state index in [4.69, 9.17) is 10.8 Å². The van der Waals surface area contributed by atoms with Gasteiger partial charge in [-0.25, -0.2) is 0 Å².